The van der Waals surface area contributed by atoms with Gasteiger partial charge >= 0.3 is 0 Å². The molecular weight excluding hydrogens is 262 g/mol. The van der Waals surface area contributed by atoms with Crippen LogP contribution in [0.5, 0.6) is 0 Å². The van der Waals surface area contributed by atoms with Crippen LogP contribution in [0.2, 0.25) is 0 Å². The molecule has 5 heteroatoms. The van der Waals surface area contributed by atoms with E-state index >= 15 is 0 Å². The summed E-state index contributed by atoms with van der Waals surface area (Å²) < 4.78 is 0. The monoisotopic (exact) mass is 283 g/mol. The van der Waals surface area contributed by atoms with Crippen molar-refractivity contribution < 1.29 is 4.79 Å². The van der Waals surface area contributed by atoms with Crippen LogP contribution in [-0.4, -0.2) is 29.4 Å². The van der Waals surface area contributed by atoms with Crippen LogP contribution in [0.3, 0.4) is 0 Å². The second kappa shape index (κ2) is 7.34. The zero-order chi connectivity index (χ0) is 13.0. The molecule has 1 saturated carbocycles. The Bertz CT molecular complexity index is 402. The molecule has 2 N–H and O–H groups in total. The van der Waals surface area contributed by atoms with Crippen LogP contribution < -0.4 is 5.73 Å². The van der Waals surface area contributed by atoms with Crippen molar-refractivity contribution in [1.29, 1.82) is 0 Å². The molecule has 0 bridgehead atoms. The molecule has 0 aliphatic heterocycles. The van der Waals surface area contributed by atoms with Crippen molar-refractivity contribution in [2.75, 3.05) is 19.3 Å². The zero-order valence-electron chi connectivity index (χ0n) is 11.3. The number of halogens is 1. The van der Waals surface area contributed by atoms with E-state index < -0.39 is 0 Å². The van der Waals surface area contributed by atoms with Crippen LogP contribution in [0.4, 0.5) is 5.69 Å². The average molecular weight is 284 g/mol. The molecule has 1 fully saturated rings. The molecule has 0 saturated heterocycles. The molecule has 106 valence electrons. The summed E-state index contributed by atoms with van der Waals surface area (Å²) in [6, 6.07) is 3.60. The summed E-state index contributed by atoms with van der Waals surface area (Å²) in [5.74, 6) is 0.831. The molecule has 1 aromatic heterocycles. The minimum atomic E-state index is 0. The summed E-state index contributed by atoms with van der Waals surface area (Å²) in [5, 5.41) is 0. The number of amides is 1. The molecule has 4 nitrogen and oxygen atoms in total. The summed E-state index contributed by atoms with van der Waals surface area (Å²) in [5.41, 5.74) is 6.98. The minimum Gasteiger partial charge on any atom is -0.397 e. The van der Waals surface area contributed by atoms with Gasteiger partial charge in [-0.2, -0.15) is 0 Å². The van der Waals surface area contributed by atoms with Crippen molar-refractivity contribution in [3.05, 3.63) is 24.0 Å². The first kappa shape index (κ1) is 15.8. The van der Waals surface area contributed by atoms with Gasteiger partial charge in [0.05, 0.1) is 18.3 Å². The minimum absolute atomic E-state index is 0. The Morgan fingerprint density at radius 1 is 1.42 bits per heavy atom. The van der Waals surface area contributed by atoms with Gasteiger partial charge in [0, 0.05) is 19.3 Å². The lowest BCUT2D eigenvalue weighted by Crippen LogP contribution is -2.32. The van der Waals surface area contributed by atoms with Gasteiger partial charge in [-0.25, -0.2) is 0 Å². The number of nitrogens with two attached hydrogens (primary N) is 1. The standard InChI is InChI=1S/C14H21N3O.ClH/c1-17(10-11-4-2-3-5-11)14(18)8-13-7-6-12(15)9-16-13;/h6-7,9,11H,2-5,8,10,15H2,1H3;1H. The third kappa shape index (κ3) is 4.71. The van der Waals surface area contributed by atoms with E-state index in [2.05, 4.69) is 4.98 Å². The van der Waals surface area contributed by atoms with Crippen molar-refractivity contribution in [1.82, 2.24) is 9.88 Å². The zero-order valence-corrected chi connectivity index (χ0v) is 12.2. The number of likely N-dealkylation sites (N-methyl/N-ethyl adjacent to an activating group) is 1. The van der Waals surface area contributed by atoms with E-state index in [4.69, 9.17) is 5.73 Å². The number of carbonyl (C=O) groups is 1. The SMILES string of the molecule is CN(CC1CCCC1)C(=O)Cc1ccc(N)cn1.Cl. The summed E-state index contributed by atoms with van der Waals surface area (Å²) >= 11 is 0. The highest BCUT2D eigenvalue weighted by atomic mass is 35.5. The molecule has 0 aromatic carbocycles. The lowest BCUT2D eigenvalue weighted by atomic mass is 10.1. The van der Waals surface area contributed by atoms with Gasteiger partial charge < -0.3 is 10.6 Å². The first-order chi connectivity index (χ1) is 8.65. The number of hydrogen-bond donors (Lipinski definition) is 1. The van der Waals surface area contributed by atoms with Crippen LogP contribution in [-0.2, 0) is 11.2 Å². The van der Waals surface area contributed by atoms with E-state index in [9.17, 15) is 4.79 Å². The molecule has 0 spiro atoms. The first-order valence-electron chi connectivity index (χ1n) is 6.59. The van der Waals surface area contributed by atoms with E-state index in [-0.39, 0.29) is 18.3 Å². The number of pyridine rings is 1. The number of hydrogen-bond acceptors (Lipinski definition) is 3. The number of nitrogen functional groups attached to an aromatic ring is 1. The number of aromatic nitrogens is 1. The lowest BCUT2D eigenvalue weighted by molar-refractivity contribution is -0.129. The molecule has 1 aliphatic carbocycles. The van der Waals surface area contributed by atoms with E-state index in [1.165, 1.54) is 25.7 Å². The van der Waals surface area contributed by atoms with Gasteiger partial charge in [0.25, 0.3) is 0 Å². The highest BCUT2D eigenvalue weighted by Crippen LogP contribution is 2.25. The summed E-state index contributed by atoms with van der Waals surface area (Å²) in [6.45, 7) is 0.883. The van der Waals surface area contributed by atoms with Crippen LogP contribution in [0, 0.1) is 5.92 Å². The van der Waals surface area contributed by atoms with E-state index in [0.717, 1.165) is 12.2 Å². The van der Waals surface area contributed by atoms with E-state index in [1.54, 1.807) is 12.3 Å². The predicted molar refractivity (Wildman–Crippen MR) is 79.2 cm³/mol. The summed E-state index contributed by atoms with van der Waals surface area (Å²) in [4.78, 5) is 18.0. The molecule has 1 amide bonds. The molecule has 1 aromatic rings. The smallest absolute Gasteiger partial charge is 0.228 e. The first-order valence-corrected chi connectivity index (χ1v) is 6.59. The largest absolute Gasteiger partial charge is 0.397 e. The maximum absolute atomic E-state index is 12.0. The Balaban J connectivity index is 0.00000180. The fourth-order valence-corrected chi connectivity index (χ4v) is 2.51. The van der Waals surface area contributed by atoms with E-state index in [0.29, 0.717) is 18.0 Å². The normalized spacial score (nSPS) is 15.0. The number of nitrogens with zero attached hydrogens (tertiary/aromatic N) is 2. The van der Waals surface area contributed by atoms with Crippen molar-refractivity contribution in [2.24, 2.45) is 5.92 Å². The second-order valence-electron chi connectivity index (χ2n) is 5.18. The van der Waals surface area contributed by atoms with Crippen molar-refractivity contribution in [3.63, 3.8) is 0 Å². The van der Waals surface area contributed by atoms with Gasteiger partial charge in [-0.05, 0) is 30.9 Å². The Morgan fingerprint density at radius 2 is 2.11 bits per heavy atom. The molecule has 2 rings (SSSR count). The van der Waals surface area contributed by atoms with Gasteiger partial charge in [0.1, 0.15) is 0 Å². The van der Waals surface area contributed by atoms with Gasteiger partial charge in [-0.3, -0.25) is 9.78 Å². The van der Waals surface area contributed by atoms with Crippen LogP contribution in [0.1, 0.15) is 31.4 Å². The van der Waals surface area contributed by atoms with Gasteiger partial charge in [-0.15, -0.1) is 12.4 Å². The van der Waals surface area contributed by atoms with Gasteiger partial charge in [0.2, 0.25) is 5.91 Å². The summed E-state index contributed by atoms with van der Waals surface area (Å²) in [6.07, 6.45) is 7.11. The van der Waals surface area contributed by atoms with Gasteiger partial charge in [0.15, 0.2) is 0 Å². The highest BCUT2D eigenvalue weighted by molar-refractivity contribution is 5.85. The Hall–Kier alpha value is -1.29. The number of carbonyl (C=O) groups excluding carboxylic acids is 1. The number of rotatable bonds is 4. The maximum atomic E-state index is 12.0. The molecule has 1 aliphatic rings. The third-order valence-electron chi connectivity index (χ3n) is 3.61. The van der Waals surface area contributed by atoms with Crippen LogP contribution in [0.25, 0.3) is 0 Å². The quantitative estimate of drug-likeness (QED) is 0.922. The molecular formula is C14H22ClN3O. The molecule has 0 radical (unpaired) electrons. The van der Waals surface area contributed by atoms with E-state index in [1.807, 2.05) is 18.0 Å². The average Bonchev–Trinajstić information content (AvgIpc) is 2.85. The molecule has 19 heavy (non-hydrogen) atoms. The number of anilines is 1. The molecule has 0 unspecified atom stereocenters. The van der Waals surface area contributed by atoms with Gasteiger partial charge in [-0.1, -0.05) is 12.8 Å². The Kier molecular flexibility index (Phi) is 6.09. The molecule has 1 heterocycles. The second-order valence-corrected chi connectivity index (χ2v) is 5.18. The molecule has 0 atom stereocenters. The van der Waals surface area contributed by atoms with Crippen LogP contribution in [0.15, 0.2) is 18.3 Å². The van der Waals surface area contributed by atoms with Crippen LogP contribution >= 0.6 is 12.4 Å². The predicted octanol–water partition coefficient (Wildman–Crippen LogP) is 2.28. The van der Waals surface area contributed by atoms with Crippen molar-refractivity contribution in [3.8, 4) is 0 Å². The maximum Gasteiger partial charge on any atom is 0.228 e. The fourth-order valence-electron chi connectivity index (χ4n) is 2.51. The highest BCUT2D eigenvalue weighted by Gasteiger charge is 2.19. The van der Waals surface area contributed by atoms with Crippen molar-refractivity contribution in [2.45, 2.75) is 32.1 Å². The topological polar surface area (TPSA) is 59.2 Å². The Morgan fingerprint density at radius 3 is 2.68 bits per heavy atom. The third-order valence-corrected chi connectivity index (χ3v) is 3.61. The summed E-state index contributed by atoms with van der Waals surface area (Å²) in [7, 11) is 1.89. The van der Waals surface area contributed by atoms with Crippen molar-refractivity contribution >= 4 is 24.0 Å². The Labute approximate surface area is 120 Å². The fraction of sp³-hybridized carbons (Fsp3) is 0.571. The lowest BCUT2D eigenvalue weighted by Gasteiger charge is -2.21.